The van der Waals surface area contributed by atoms with Crippen LogP contribution in [0.5, 0.6) is 0 Å². The third kappa shape index (κ3) is 3.62. The third-order valence-corrected chi connectivity index (χ3v) is 5.94. The molecule has 2 atom stereocenters. The molecule has 0 saturated carbocycles. The summed E-state index contributed by atoms with van der Waals surface area (Å²) in [6.45, 7) is 5.42. The van der Waals surface area contributed by atoms with E-state index in [0.29, 0.717) is 28.8 Å². The number of nitrogens with two attached hydrogens (primary N) is 1. The Kier molecular flexibility index (Phi) is 4.85. The Hall–Kier alpha value is -2.81. The van der Waals surface area contributed by atoms with Gasteiger partial charge in [-0.25, -0.2) is 23.7 Å². The van der Waals surface area contributed by atoms with Crippen LogP contribution in [-0.2, 0) is 5.54 Å². The minimum atomic E-state index is -1.00. The number of hydrogen-bond acceptors (Lipinski definition) is 7. The lowest BCUT2D eigenvalue weighted by molar-refractivity contribution is 0.388. The van der Waals surface area contributed by atoms with E-state index in [2.05, 4.69) is 19.9 Å². The first-order chi connectivity index (χ1) is 13.8. The highest BCUT2D eigenvalue weighted by molar-refractivity contribution is 8.14. The molecular formula is C20H19F2N5OS. The Labute approximate surface area is 170 Å². The van der Waals surface area contributed by atoms with Crippen LogP contribution >= 0.6 is 11.8 Å². The van der Waals surface area contributed by atoms with Crippen molar-refractivity contribution >= 4 is 16.9 Å². The van der Waals surface area contributed by atoms with Gasteiger partial charge < -0.3 is 10.2 Å². The Balaban J connectivity index is 1.80. The monoisotopic (exact) mass is 415 g/mol. The largest absolute Gasteiger partial charge is 0.445 e. The fraction of sp³-hybridized carbons (Fsp3) is 0.300. The smallest absolute Gasteiger partial charge is 0.191 e. The van der Waals surface area contributed by atoms with Crippen molar-refractivity contribution in [1.29, 1.82) is 0 Å². The van der Waals surface area contributed by atoms with Gasteiger partial charge in [0.15, 0.2) is 11.1 Å². The molecule has 29 heavy (non-hydrogen) atoms. The topological polar surface area (TPSA) is 90.2 Å². The molecule has 150 valence electrons. The van der Waals surface area contributed by atoms with Crippen molar-refractivity contribution in [2.75, 3.05) is 0 Å². The number of thioether (sulfide) groups is 1. The highest BCUT2D eigenvalue weighted by Crippen LogP contribution is 2.48. The molecule has 0 spiro atoms. The van der Waals surface area contributed by atoms with Crippen LogP contribution in [0.4, 0.5) is 8.78 Å². The Morgan fingerprint density at radius 1 is 1.17 bits per heavy atom. The molecule has 2 aromatic heterocycles. The predicted octanol–water partition coefficient (Wildman–Crippen LogP) is 4.43. The summed E-state index contributed by atoms with van der Waals surface area (Å²) >= 11 is 1.35. The normalized spacial score (nSPS) is 21.8. The number of rotatable bonds is 3. The summed E-state index contributed by atoms with van der Waals surface area (Å²) in [5.41, 5.74) is 6.76. The second-order valence-electron chi connectivity index (χ2n) is 7.16. The maximum absolute atomic E-state index is 14.9. The van der Waals surface area contributed by atoms with Gasteiger partial charge in [-0.05, 0) is 26.3 Å². The average Bonchev–Trinajstić information content (AvgIpc) is 3.00. The van der Waals surface area contributed by atoms with Crippen molar-refractivity contribution in [2.45, 2.75) is 38.0 Å². The van der Waals surface area contributed by atoms with Crippen molar-refractivity contribution in [1.82, 2.24) is 15.0 Å². The van der Waals surface area contributed by atoms with Crippen LogP contribution in [0.1, 0.15) is 41.5 Å². The number of oxazole rings is 1. The van der Waals surface area contributed by atoms with Crippen LogP contribution < -0.4 is 5.73 Å². The van der Waals surface area contributed by atoms with Gasteiger partial charge in [0, 0.05) is 42.1 Å². The first kappa shape index (κ1) is 19.5. The van der Waals surface area contributed by atoms with Crippen molar-refractivity contribution in [2.24, 2.45) is 10.7 Å². The van der Waals surface area contributed by atoms with Crippen molar-refractivity contribution in [3.8, 4) is 11.1 Å². The molecule has 0 radical (unpaired) electrons. The SMILES string of the molecule is Cc1nc(C)c(C2CC(C)(c3cc(-c4cncnc4)c(F)cc3F)N=C(N)S2)o1. The molecule has 0 bridgehead atoms. The van der Waals surface area contributed by atoms with Gasteiger partial charge in [0.2, 0.25) is 0 Å². The van der Waals surface area contributed by atoms with Crippen LogP contribution in [0.25, 0.3) is 11.1 Å². The number of aryl methyl sites for hydroxylation is 2. The fourth-order valence-electron chi connectivity index (χ4n) is 3.65. The molecule has 3 aromatic rings. The first-order valence-corrected chi connectivity index (χ1v) is 9.85. The van der Waals surface area contributed by atoms with Gasteiger partial charge in [-0.3, -0.25) is 4.99 Å². The average molecular weight is 415 g/mol. The van der Waals surface area contributed by atoms with E-state index in [9.17, 15) is 8.78 Å². The maximum Gasteiger partial charge on any atom is 0.191 e. The summed E-state index contributed by atoms with van der Waals surface area (Å²) in [6, 6.07) is 2.33. The van der Waals surface area contributed by atoms with E-state index in [4.69, 9.17) is 10.2 Å². The van der Waals surface area contributed by atoms with E-state index in [0.717, 1.165) is 11.8 Å². The second kappa shape index (κ2) is 7.22. The molecule has 1 aromatic carbocycles. The summed E-state index contributed by atoms with van der Waals surface area (Å²) in [4.78, 5) is 16.7. The van der Waals surface area contributed by atoms with Crippen LogP contribution in [0.3, 0.4) is 0 Å². The molecule has 0 aliphatic carbocycles. The summed E-state index contributed by atoms with van der Waals surface area (Å²) in [6.07, 6.45) is 4.73. The zero-order valence-corrected chi connectivity index (χ0v) is 16.9. The number of nitrogens with zero attached hydrogens (tertiary/aromatic N) is 4. The number of aliphatic imine (C=N–C) groups is 1. The number of aromatic nitrogens is 3. The summed E-state index contributed by atoms with van der Waals surface area (Å²) < 4.78 is 35.2. The van der Waals surface area contributed by atoms with E-state index in [-0.39, 0.29) is 16.4 Å². The van der Waals surface area contributed by atoms with E-state index in [1.807, 2.05) is 6.92 Å². The van der Waals surface area contributed by atoms with Gasteiger partial charge in [0.05, 0.1) is 16.5 Å². The number of amidine groups is 1. The van der Waals surface area contributed by atoms with E-state index in [1.54, 1.807) is 13.8 Å². The molecule has 0 amide bonds. The lowest BCUT2D eigenvalue weighted by Crippen LogP contribution is -2.31. The van der Waals surface area contributed by atoms with Crippen molar-refractivity contribution in [3.05, 3.63) is 65.4 Å². The molecule has 6 nitrogen and oxygen atoms in total. The quantitative estimate of drug-likeness (QED) is 0.680. The van der Waals surface area contributed by atoms with Crippen molar-refractivity contribution in [3.63, 3.8) is 0 Å². The van der Waals surface area contributed by atoms with Crippen LogP contribution in [0.2, 0.25) is 0 Å². The minimum absolute atomic E-state index is 0.188. The van der Waals surface area contributed by atoms with Gasteiger partial charge >= 0.3 is 0 Å². The zero-order chi connectivity index (χ0) is 20.8. The number of benzene rings is 1. The van der Waals surface area contributed by atoms with Crippen LogP contribution in [0.15, 0.2) is 40.3 Å². The third-order valence-electron chi connectivity index (χ3n) is 4.94. The second-order valence-corrected chi connectivity index (χ2v) is 8.38. The van der Waals surface area contributed by atoms with Gasteiger partial charge in [-0.15, -0.1) is 0 Å². The Morgan fingerprint density at radius 2 is 1.90 bits per heavy atom. The predicted molar refractivity (Wildman–Crippen MR) is 107 cm³/mol. The number of halogens is 2. The van der Waals surface area contributed by atoms with E-state index < -0.39 is 17.2 Å². The fourth-order valence-corrected chi connectivity index (χ4v) is 4.93. The Morgan fingerprint density at radius 3 is 2.55 bits per heavy atom. The van der Waals surface area contributed by atoms with Crippen molar-refractivity contribution < 1.29 is 13.2 Å². The highest BCUT2D eigenvalue weighted by Gasteiger charge is 2.40. The standard InChI is InChI=1S/C20H19F2N5OS/c1-10-18(28-11(2)26-10)17-6-20(3,27-19(23)29-17)14-4-13(15(21)5-16(14)22)12-7-24-9-25-8-12/h4-5,7-9,17H,6H2,1-3H3,(H2,23,27). The molecule has 0 fully saturated rings. The zero-order valence-electron chi connectivity index (χ0n) is 16.1. The molecule has 3 heterocycles. The van der Waals surface area contributed by atoms with E-state index >= 15 is 0 Å². The summed E-state index contributed by atoms with van der Waals surface area (Å²) in [7, 11) is 0. The summed E-state index contributed by atoms with van der Waals surface area (Å²) in [5, 5.41) is 0.122. The molecule has 0 saturated heterocycles. The van der Waals surface area contributed by atoms with Crippen LogP contribution in [-0.4, -0.2) is 20.1 Å². The molecule has 1 aliphatic rings. The lowest BCUT2D eigenvalue weighted by Gasteiger charge is -2.34. The minimum Gasteiger partial charge on any atom is -0.445 e. The molecular weight excluding hydrogens is 396 g/mol. The lowest BCUT2D eigenvalue weighted by atomic mass is 9.85. The molecule has 2 unspecified atom stereocenters. The number of hydrogen-bond donors (Lipinski definition) is 1. The molecule has 2 N–H and O–H groups in total. The first-order valence-electron chi connectivity index (χ1n) is 8.97. The summed E-state index contributed by atoms with van der Waals surface area (Å²) in [5.74, 6) is -0.126. The molecule has 4 rings (SSSR count). The van der Waals surface area contributed by atoms with Gasteiger partial charge in [-0.2, -0.15) is 0 Å². The van der Waals surface area contributed by atoms with Gasteiger partial charge in [-0.1, -0.05) is 11.8 Å². The van der Waals surface area contributed by atoms with E-state index in [1.165, 1.54) is 36.5 Å². The molecule has 9 heteroatoms. The van der Waals surface area contributed by atoms with Gasteiger partial charge in [0.25, 0.3) is 0 Å². The maximum atomic E-state index is 14.9. The Bertz CT molecular complexity index is 1100. The molecule has 1 aliphatic heterocycles. The van der Waals surface area contributed by atoms with Crippen LogP contribution in [0, 0.1) is 25.5 Å². The highest BCUT2D eigenvalue weighted by atomic mass is 32.2. The van der Waals surface area contributed by atoms with Gasteiger partial charge in [0.1, 0.15) is 23.7 Å².